The molecule has 1 aromatic carbocycles. The van der Waals surface area contributed by atoms with Gasteiger partial charge >= 0.3 is 0 Å². The van der Waals surface area contributed by atoms with Gasteiger partial charge in [-0.3, -0.25) is 4.79 Å². The molecule has 1 aromatic rings. The van der Waals surface area contributed by atoms with E-state index >= 15 is 0 Å². The molecule has 0 bridgehead atoms. The standard InChI is InChI=1S/C16H24N2O/c1-12(2)13-8-10-18(11-9-13)16(19)15(17)14-6-4-3-5-7-14/h3-7,12-13,15H,8-11,17H2,1-2H3/t15-/m1/s1. The molecule has 1 heterocycles. The number of hydrogen-bond acceptors (Lipinski definition) is 2. The highest BCUT2D eigenvalue weighted by atomic mass is 16.2. The Morgan fingerprint density at radius 3 is 2.32 bits per heavy atom. The molecule has 3 nitrogen and oxygen atoms in total. The van der Waals surface area contributed by atoms with Gasteiger partial charge in [-0.05, 0) is 30.2 Å². The molecule has 1 amide bonds. The summed E-state index contributed by atoms with van der Waals surface area (Å²) in [4.78, 5) is 14.3. The van der Waals surface area contributed by atoms with Crippen LogP contribution in [0.2, 0.25) is 0 Å². The topological polar surface area (TPSA) is 46.3 Å². The van der Waals surface area contributed by atoms with Crippen molar-refractivity contribution in [3.05, 3.63) is 35.9 Å². The van der Waals surface area contributed by atoms with Gasteiger partial charge in [-0.15, -0.1) is 0 Å². The van der Waals surface area contributed by atoms with Gasteiger partial charge in [0.05, 0.1) is 0 Å². The van der Waals surface area contributed by atoms with Crippen LogP contribution in [-0.2, 0) is 4.79 Å². The Kier molecular flexibility index (Phi) is 4.59. The van der Waals surface area contributed by atoms with E-state index in [1.807, 2.05) is 35.2 Å². The molecule has 104 valence electrons. The lowest BCUT2D eigenvalue weighted by atomic mass is 9.86. The van der Waals surface area contributed by atoms with Crippen LogP contribution in [-0.4, -0.2) is 23.9 Å². The van der Waals surface area contributed by atoms with Crippen molar-refractivity contribution in [3.8, 4) is 0 Å². The zero-order chi connectivity index (χ0) is 13.8. The quantitative estimate of drug-likeness (QED) is 0.908. The van der Waals surface area contributed by atoms with E-state index in [2.05, 4.69) is 13.8 Å². The molecular formula is C16H24N2O. The summed E-state index contributed by atoms with van der Waals surface area (Å²) in [6.07, 6.45) is 2.20. The first-order valence-electron chi connectivity index (χ1n) is 7.19. The van der Waals surface area contributed by atoms with Gasteiger partial charge in [-0.25, -0.2) is 0 Å². The number of carbonyl (C=O) groups is 1. The van der Waals surface area contributed by atoms with E-state index in [1.54, 1.807) is 0 Å². The van der Waals surface area contributed by atoms with Crippen LogP contribution in [0.4, 0.5) is 0 Å². The minimum atomic E-state index is -0.517. The minimum Gasteiger partial charge on any atom is -0.341 e. The second-order valence-corrected chi connectivity index (χ2v) is 5.80. The molecule has 0 spiro atoms. The summed E-state index contributed by atoms with van der Waals surface area (Å²) in [7, 11) is 0. The average Bonchev–Trinajstić information content (AvgIpc) is 2.46. The number of nitrogens with zero attached hydrogens (tertiary/aromatic N) is 1. The number of nitrogens with two attached hydrogens (primary N) is 1. The number of carbonyl (C=O) groups excluding carboxylic acids is 1. The number of benzene rings is 1. The van der Waals surface area contributed by atoms with Crippen LogP contribution in [0.15, 0.2) is 30.3 Å². The van der Waals surface area contributed by atoms with E-state index in [0.29, 0.717) is 5.92 Å². The maximum atomic E-state index is 12.4. The smallest absolute Gasteiger partial charge is 0.244 e. The average molecular weight is 260 g/mol. The van der Waals surface area contributed by atoms with E-state index in [0.717, 1.165) is 37.4 Å². The third-order valence-electron chi connectivity index (χ3n) is 4.22. The molecular weight excluding hydrogens is 236 g/mol. The highest BCUT2D eigenvalue weighted by molar-refractivity contribution is 5.83. The zero-order valence-corrected chi connectivity index (χ0v) is 11.9. The summed E-state index contributed by atoms with van der Waals surface area (Å²) in [6, 6.07) is 9.11. The SMILES string of the molecule is CC(C)C1CCN(C(=O)[C@H](N)c2ccccc2)CC1. The summed E-state index contributed by atoms with van der Waals surface area (Å²) in [5.74, 6) is 1.52. The predicted molar refractivity (Wildman–Crippen MR) is 77.5 cm³/mol. The zero-order valence-electron chi connectivity index (χ0n) is 11.9. The second kappa shape index (κ2) is 6.20. The van der Waals surface area contributed by atoms with E-state index in [9.17, 15) is 4.79 Å². The Bertz CT molecular complexity index is 408. The summed E-state index contributed by atoms with van der Waals surface area (Å²) < 4.78 is 0. The number of likely N-dealkylation sites (tertiary alicyclic amines) is 1. The van der Waals surface area contributed by atoms with Crippen LogP contribution in [0.5, 0.6) is 0 Å². The first-order valence-corrected chi connectivity index (χ1v) is 7.19. The van der Waals surface area contributed by atoms with Gasteiger partial charge in [0.2, 0.25) is 5.91 Å². The van der Waals surface area contributed by atoms with Gasteiger partial charge in [0.1, 0.15) is 6.04 Å². The van der Waals surface area contributed by atoms with E-state index in [1.165, 1.54) is 0 Å². The molecule has 0 radical (unpaired) electrons. The van der Waals surface area contributed by atoms with Crippen molar-refractivity contribution < 1.29 is 4.79 Å². The molecule has 1 aliphatic heterocycles. The van der Waals surface area contributed by atoms with Gasteiger partial charge in [0, 0.05) is 13.1 Å². The lowest BCUT2D eigenvalue weighted by molar-refractivity contribution is -0.134. The maximum Gasteiger partial charge on any atom is 0.244 e. The molecule has 0 unspecified atom stereocenters. The molecule has 2 rings (SSSR count). The van der Waals surface area contributed by atoms with Crippen molar-refractivity contribution >= 4 is 5.91 Å². The number of rotatable bonds is 3. The minimum absolute atomic E-state index is 0.0633. The Hall–Kier alpha value is -1.35. The molecule has 0 aromatic heterocycles. The number of piperidine rings is 1. The highest BCUT2D eigenvalue weighted by Crippen LogP contribution is 2.25. The first-order chi connectivity index (χ1) is 9.09. The Labute approximate surface area is 115 Å². The van der Waals surface area contributed by atoms with Crippen molar-refractivity contribution in [2.24, 2.45) is 17.6 Å². The Morgan fingerprint density at radius 2 is 1.79 bits per heavy atom. The molecule has 1 saturated heterocycles. The lowest BCUT2D eigenvalue weighted by Crippen LogP contribution is -2.43. The lowest BCUT2D eigenvalue weighted by Gasteiger charge is -2.35. The van der Waals surface area contributed by atoms with Crippen LogP contribution in [0.1, 0.15) is 38.3 Å². The van der Waals surface area contributed by atoms with Crippen LogP contribution < -0.4 is 5.73 Å². The fourth-order valence-electron chi connectivity index (χ4n) is 2.79. The van der Waals surface area contributed by atoms with Crippen LogP contribution >= 0.6 is 0 Å². The molecule has 2 N–H and O–H groups in total. The summed E-state index contributed by atoms with van der Waals surface area (Å²) in [5.41, 5.74) is 6.97. The van der Waals surface area contributed by atoms with Crippen LogP contribution in [0, 0.1) is 11.8 Å². The fraction of sp³-hybridized carbons (Fsp3) is 0.562. The fourth-order valence-corrected chi connectivity index (χ4v) is 2.79. The summed E-state index contributed by atoms with van der Waals surface area (Å²) >= 11 is 0. The Morgan fingerprint density at radius 1 is 1.21 bits per heavy atom. The predicted octanol–water partition coefficient (Wildman–Crippen LogP) is 2.58. The number of amides is 1. The molecule has 1 fully saturated rings. The normalized spacial score (nSPS) is 18.6. The van der Waals surface area contributed by atoms with Gasteiger partial charge in [0.15, 0.2) is 0 Å². The molecule has 3 heteroatoms. The van der Waals surface area contributed by atoms with Gasteiger partial charge in [-0.1, -0.05) is 44.2 Å². The van der Waals surface area contributed by atoms with Gasteiger partial charge in [0.25, 0.3) is 0 Å². The van der Waals surface area contributed by atoms with Crippen LogP contribution in [0.3, 0.4) is 0 Å². The van der Waals surface area contributed by atoms with E-state index in [4.69, 9.17) is 5.73 Å². The maximum absolute atomic E-state index is 12.4. The van der Waals surface area contributed by atoms with Crippen molar-refractivity contribution in [2.45, 2.75) is 32.7 Å². The van der Waals surface area contributed by atoms with Crippen molar-refractivity contribution in [1.29, 1.82) is 0 Å². The molecule has 0 aliphatic carbocycles. The molecule has 1 aliphatic rings. The monoisotopic (exact) mass is 260 g/mol. The van der Waals surface area contributed by atoms with Crippen molar-refractivity contribution in [3.63, 3.8) is 0 Å². The second-order valence-electron chi connectivity index (χ2n) is 5.80. The molecule has 19 heavy (non-hydrogen) atoms. The van der Waals surface area contributed by atoms with Gasteiger partial charge in [-0.2, -0.15) is 0 Å². The van der Waals surface area contributed by atoms with E-state index in [-0.39, 0.29) is 5.91 Å². The van der Waals surface area contributed by atoms with Crippen molar-refractivity contribution in [1.82, 2.24) is 4.90 Å². The third-order valence-corrected chi connectivity index (χ3v) is 4.22. The third kappa shape index (κ3) is 3.35. The van der Waals surface area contributed by atoms with E-state index < -0.39 is 6.04 Å². The Balaban J connectivity index is 1.94. The highest BCUT2D eigenvalue weighted by Gasteiger charge is 2.27. The van der Waals surface area contributed by atoms with Crippen molar-refractivity contribution in [2.75, 3.05) is 13.1 Å². The van der Waals surface area contributed by atoms with Crippen LogP contribution in [0.25, 0.3) is 0 Å². The first kappa shape index (κ1) is 14.1. The largest absolute Gasteiger partial charge is 0.341 e. The molecule has 1 atom stereocenters. The van der Waals surface area contributed by atoms with Gasteiger partial charge < -0.3 is 10.6 Å². The summed E-state index contributed by atoms with van der Waals surface area (Å²) in [6.45, 7) is 6.22. The summed E-state index contributed by atoms with van der Waals surface area (Å²) in [5, 5.41) is 0. The number of hydrogen-bond donors (Lipinski definition) is 1. The molecule has 0 saturated carbocycles.